The van der Waals surface area contributed by atoms with E-state index in [-0.39, 0.29) is 0 Å². The second-order valence-electron chi connectivity index (χ2n) is 5.86. The third-order valence-corrected chi connectivity index (χ3v) is 4.09. The molecule has 0 radical (unpaired) electrons. The summed E-state index contributed by atoms with van der Waals surface area (Å²) in [6.07, 6.45) is 2.52. The van der Waals surface area contributed by atoms with Crippen LogP contribution in [-0.2, 0) is 6.42 Å². The van der Waals surface area contributed by atoms with E-state index in [1.807, 2.05) is 13.0 Å². The summed E-state index contributed by atoms with van der Waals surface area (Å²) in [4.78, 5) is 8.90. The highest BCUT2D eigenvalue weighted by Crippen LogP contribution is 2.26. The van der Waals surface area contributed by atoms with Crippen LogP contribution in [0.3, 0.4) is 0 Å². The van der Waals surface area contributed by atoms with Gasteiger partial charge in [0.05, 0.1) is 5.52 Å². The normalized spacial score (nSPS) is 11.1. The third-order valence-electron chi connectivity index (χ3n) is 4.09. The van der Waals surface area contributed by atoms with Gasteiger partial charge in [-0.05, 0) is 36.2 Å². The molecule has 4 heteroatoms. The number of aromatic nitrogens is 3. The molecule has 2 aromatic heterocycles. The summed E-state index contributed by atoms with van der Waals surface area (Å²) in [6.45, 7) is 4.08. The average molecular weight is 315 g/mol. The van der Waals surface area contributed by atoms with E-state index in [9.17, 15) is 0 Å². The van der Waals surface area contributed by atoms with Crippen LogP contribution in [0.1, 0.15) is 18.4 Å². The zero-order valence-electron chi connectivity index (χ0n) is 13.7. The molecule has 2 heterocycles. The molecule has 24 heavy (non-hydrogen) atoms. The minimum absolute atomic E-state index is 0.585. The van der Waals surface area contributed by atoms with Gasteiger partial charge in [0, 0.05) is 23.6 Å². The standard InChI is InChI=1S/C20H17N3O/c1-3-19-22-20(23-24-19)17-11-16-10-15(8-9-18(16)21-12-17)14-6-4-13(2)5-7-14/h4-12H,3H2,1-2H3. The fourth-order valence-corrected chi connectivity index (χ4v) is 2.70. The number of rotatable bonds is 3. The van der Waals surface area contributed by atoms with Crippen molar-refractivity contribution < 1.29 is 4.52 Å². The monoisotopic (exact) mass is 315 g/mol. The van der Waals surface area contributed by atoms with Crippen LogP contribution < -0.4 is 0 Å². The smallest absolute Gasteiger partial charge is 0.226 e. The molecule has 0 bridgehead atoms. The maximum atomic E-state index is 5.20. The fraction of sp³-hybridized carbons (Fsp3) is 0.150. The summed E-state index contributed by atoms with van der Waals surface area (Å²) in [5.74, 6) is 1.22. The summed E-state index contributed by atoms with van der Waals surface area (Å²) >= 11 is 0. The van der Waals surface area contributed by atoms with Gasteiger partial charge in [0.2, 0.25) is 11.7 Å². The molecule has 4 nitrogen and oxygen atoms in total. The molecular formula is C20H17N3O. The molecule has 118 valence electrons. The van der Waals surface area contributed by atoms with Crippen molar-refractivity contribution in [2.75, 3.05) is 0 Å². The summed E-state index contributed by atoms with van der Waals surface area (Å²) in [5, 5.41) is 5.09. The number of nitrogens with zero attached hydrogens (tertiary/aromatic N) is 3. The predicted octanol–water partition coefficient (Wildman–Crippen LogP) is 4.82. The SMILES string of the molecule is CCc1nc(-c2cnc3ccc(-c4ccc(C)cc4)cc3c2)no1. The van der Waals surface area contributed by atoms with Crippen LogP contribution in [0.4, 0.5) is 0 Å². The minimum Gasteiger partial charge on any atom is -0.339 e. The zero-order chi connectivity index (χ0) is 16.5. The zero-order valence-corrected chi connectivity index (χ0v) is 13.7. The molecule has 0 spiro atoms. The molecule has 4 rings (SSSR count). The number of hydrogen-bond donors (Lipinski definition) is 0. The van der Waals surface area contributed by atoms with Crippen LogP contribution in [0.2, 0.25) is 0 Å². The van der Waals surface area contributed by atoms with Gasteiger partial charge in [-0.15, -0.1) is 0 Å². The maximum Gasteiger partial charge on any atom is 0.226 e. The molecule has 0 saturated carbocycles. The van der Waals surface area contributed by atoms with E-state index >= 15 is 0 Å². The van der Waals surface area contributed by atoms with Crippen molar-refractivity contribution in [1.29, 1.82) is 0 Å². The van der Waals surface area contributed by atoms with Crippen molar-refractivity contribution >= 4 is 10.9 Å². The van der Waals surface area contributed by atoms with Crippen molar-refractivity contribution in [3.63, 3.8) is 0 Å². The van der Waals surface area contributed by atoms with Crippen molar-refractivity contribution in [2.45, 2.75) is 20.3 Å². The van der Waals surface area contributed by atoms with E-state index in [1.165, 1.54) is 16.7 Å². The number of pyridine rings is 1. The Kier molecular flexibility index (Phi) is 3.58. The van der Waals surface area contributed by atoms with Gasteiger partial charge in [-0.25, -0.2) is 0 Å². The lowest BCUT2D eigenvalue weighted by atomic mass is 10.0. The van der Waals surface area contributed by atoms with E-state index in [1.54, 1.807) is 6.20 Å². The molecule has 0 N–H and O–H groups in total. The van der Waals surface area contributed by atoms with E-state index in [0.29, 0.717) is 11.7 Å². The topological polar surface area (TPSA) is 51.8 Å². The molecule has 0 unspecified atom stereocenters. The molecule has 0 aliphatic rings. The largest absolute Gasteiger partial charge is 0.339 e. The highest BCUT2D eigenvalue weighted by molar-refractivity contribution is 5.87. The first-order valence-electron chi connectivity index (χ1n) is 8.03. The molecule has 0 saturated heterocycles. The highest BCUT2D eigenvalue weighted by Gasteiger charge is 2.09. The Morgan fingerprint density at radius 3 is 2.42 bits per heavy atom. The summed E-state index contributed by atoms with van der Waals surface area (Å²) in [7, 11) is 0. The van der Waals surface area contributed by atoms with Crippen LogP contribution in [0.5, 0.6) is 0 Å². The van der Waals surface area contributed by atoms with Crippen LogP contribution in [0.25, 0.3) is 33.4 Å². The maximum absolute atomic E-state index is 5.20. The predicted molar refractivity (Wildman–Crippen MR) is 94.6 cm³/mol. The van der Waals surface area contributed by atoms with Crippen LogP contribution in [0.15, 0.2) is 59.3 Å². The molecule has 0 aliphatic carbocycles. The second-order valence-corrected chi connectivity index (χ2v) is 5.86. The lowest BCUT2D eigenvalue weighted by Crippen LogP contribution is -1.87. The molecule has 0 fully saturated rings. The van der Waals surface area contributed by atoms with Crippen LogP contribution in [-0.4, -0.2) is 15.1 Å². The molecular weight excluding hydrogens is 298 g/mol. The highest BCUT2D eigenvalue weighted by atomic mass is 16.5. The molecule has 4 aromatic rings. The lowest BCUT2D eigenvalue weighted by molar-refractivity contribution is 0.383. The fourth-order valence-electron chi connectivity index (χ4n) is 2.70. The van der Waals surface area contributed by atoms with Gasteiger partial charge in [0.15, 0.2) is 0 Å². The van der Waals surface area contributed by atoms with Crippen molar-refractivity contribution in [3.05, 3.63) is 66.2 Å². The van der Waals surface area contributed by atoms with E-state index in [4.69, 9.17) is 4.52 Å². The van der Waals surface area contributed by atoms with E-state index in [0.717, 1.165) is 22.9 Å². The first-order valence-corrected chi connectivity index (χ1v) is 8.03. The van der Waals surface area contributed by atoms with Crippen LogP contribution >= 0.6 is 0 Å². The van der Waals surface area contributed by atoms with Crippen molar-refractivity contribution in [3.8, 4) is 22.5 Å². The average Bonchev–Trinajstić information content (AvgIpc) is 3.11. The summed E-state index contributed by atoms with van der Waals surface area (Å²) in [6, 6.07) is 16.9. The van der Waals surface area contributed by atoms with Gasteiger partial charge in [-0.3, -0.25) is 4.98 Å². The molecule has 0 aliphatic heterocycles. The lowest BCUT2D eigenvalue weighted by Gasteiger charge is -2.05. The number of aryl methyl sites for hydroxylation is 2. The van der Waals surface area contributed by atoms with Gasteiger partial charge in [-0.1, -0.05) is 48.0 Å². The Hall–Kier alpha value is -3.01. The number of hydrogen-bond acceptors (Lipinski definition) is 4. The molecule has 2 aromatic carbocycles. The van der Waals surface area contributed by atoms with Crippen molar-refractivity contribution in [1.82, 2.24) is 15.1 Å². The Morgan fingerprint density at radius 1 is 0.917 bits per heavy atom. The van der Waals surface area contributed by atoms with Gasteiger partial charge in [0.1, 0.15) is 0 Å². The van der Waals surface area contributed by atoms with Gasteiger partial charge in [-0.2, -0.15) is 4.98 Å². The first-order chi connectivity index (χ1) is 11.7. The number of benzene rings is 2. The first kappa shape index (κ1) is 14.6. The Bertz CT molecular complexity index is 1000. The van der Waals surface area contributed by atoms with Crippen LogP contribution in [0, 0.1) is 6.92 Å². The quantitative estimate of drug-likeness (QED) is 0.544. The number of fused-ring (bicyclic) bond motifs is 1. The van der Waals surface area contributed by atoms with E-state index in [2.05, 4.69) is 64.5 Å². The Labute approximate surface area is 140 Å². The van der Waals surface area contributed by atoms with E-state index < -0.39 is 0 Å². The van der Waals surface area contributed by atoms with Crippen molar-refractivity contribution in [2.24, 2.45) is 0 Å². The third kappa shape index (κ3) is 2.67. The second kappa shape index (κ2) is 5.89. The minimum atomic E-state index is 0.585. The van der Waals surface area contributed by atoms with Gasteiger partial charge >= 0.3 is 0 Å². The molecule has 0 amide bonds. The molecule has 0 atom stereocenters. The van der Waals surface area contributed by atoms with Gasteiger partial charge in [0.25, 0.3) is 0 Å². The summed E-state index contributed by atoms with van der Waals surface area (Å²) < 4.78 is 5.20. The summed E-state index contributed by atoms with van der Waals surface area (Å²) in [5.41, 5.74) is 5.44. The Balaban J connectivity index is 1.78. The van der Waals surface area contributed by atoms with Gasteiger partial charge < -0.3 is 4.52 Å². The Morgan fingerprint density at radius 2 is 1.67 bits per heavy atom.